The first-order valence-corrected chi connectivity index (χ1v) is 7.67. The number of ether oxygens (including phenoxy) is 1. The van der Waals surface area contributed by atoms with Crippen LogP contribution < -0.4 is 9.46 Å². The highest BCUT2D eigenvalue weighted by Gasteiger charge is 2.20. The molecule has 6 nitrogen and oxygen atoms in total. The summed E-state index contributed by atoms with van der Waals surface area (Å²) in [6.45, 7) is 1.51. The second kappa shape index (κ2) is 6.11. The lowest BCUT2D eigenvalue weighted by atomic mass is 10.2. The van der Waals surface area contributed by atoms with Gasteiger partial charge in [0.15, 0.2) is 0 Å². The van der Waals surface area contributed by atoms with Crippen molar-refractivity contribution in [3.8, 4) is 5.75 Å². The summed E-state index contributed by atoms with van der Waals surface area (Å²) in [7, 11) is -2.43. The number of aryl methyl sites for hydroxylation is 1. The average molecular weight is 308 g/mol. The van der Waals surface area contributed by atoms with Crippen LogP contribution in [0.15, 0.2) is 41.6 Å². The Balaban J connectivity index is 2.46. The molecule has 0 unspecified atom stereocenters. The summed E-state index contributed by atoms with van der Waals surface area (Å²) in [5.74, 6) is 0.214. The van der Waals surface area contributed by atoms with E-state index in [0.29, 0.717) is 16.8 Å². The summed E-state index contributed by atoms with van der Waals surface area (Å²) in [4.78, 5) is 3.90. The van der Waals surface area contributed by atoms with E-state index in [9.17, 15) is 8.42 Å². The van der Waals surface area contributed by atoms with Crippen LogP contribution in [-0.4, -0.2) is 25.6 Å². The Morgan fingerprint density at radius 1 is 1.33 bits per heavy atom. The number of benzene rings is 1. The topological polar surface area (TPSA) is 88.5 Å². The molecule has 0 bridgehead atoms. The van der Waals surface area contributed by atoms with E-state index in [0.717, 1.165) is 0 Å². The number of hydrogen-bond donors (Lipinski definition) is 2. The van der Waals surface area contributed by atoms with Crippen molar-refractivity contribution in [2.75, 3.05) is 11.8 Å². The number of methoxy groups -OCH3 is 1. The molecule has 7 heteroatoms. The van der Waals surface area contributed by atoms with Crippen molar-refractivity contribution in [2.45, 2.75) is 18.4 Å². The third kappa shape index (κ3) is 3.32. The van der Waals surface area contributed by atoms with Gasteiger partial charge in [0, 0.05) is 12.4 Å². The Hall–Kier alpha value is -2.12. The second-order valence-corrected chi connectivity index (χ2v) is 6.09. The maximum Gasteiger partial charge on any atom is 0.265 e. The second-order valence-electron chi connectivity index (χ2n) is 4.44. The minimum atomic E-state index is -3.83. The van der Waals surface area contributed by atoms with Gasteiger partial charge in [-0.1, -0.05) is 6.07 Å². The van der Waals surface area contributed by atoms with Crippen LogP contribution in [0, 0.1) is 6.92 Å². The average Bonchev–Trinajstić information content (AvgIpc) is 2.48. The van der Waals surface area contributed by atoms with Gasteiger partial charge in [-0.05, 0) is 36.2 Å². The summed E-state index contributed by atoms with van der Waals surface area (Å²) in [5, 5.41) is 9.16. The Morgan fingerprint density at radius 3 is 2.71 bits per heavy atom. The fraction of sp³-hybridized carbons (Fsp3) is 0.214. The largest absolute Gasteiger partial charge is 0.495 e. The van der Waals surface area contributed by atoms with Crippen molar-refractivity contribution < 1.29 is 18.3 Å². The SMILES string of the molecule is COc1ccc(CO)cc1S(=O)(=O)Nc1ccncc1C. The molecule has 1 heterocycles. The molecule has 1 aromatic heterocycles. The third-order valence-electron chi connectivity index (χ3n) is 2.96. The molecule has 0 aliphatic rings. The Morgan fingerprint density at radius 2 is 2.10 bits per heavy atom. The normalized spacial score (nSPS) is 11.2. The lowest BCUT2D eigenvalue weighted by Crippen LogP contribution is -2.15. The molecule has 2 aromatic rings. The molecular formula is C14H16N2O4S. The van der Waals surface area contributed by atoms with Gasteiger partial charge in [-0.15, -0.1) is 0 Å². The minimum Gasteiger partial charge on any atom is -0.495 e. The molecule has 0 aliphatic heterocycles. The highest BCUT2D eigenvalue weighted by atomic mass is 32.2. The first-order valence-electron chi connectivity index (χ1n) is 6.19. The van der Waals surface area contributed by atoms with Crippen molar-refractivity contribution >= 4 is 15.7 Å². The van der Waals surface area contributed by atoms with Crippen LogP contribution in [0.25, 0.3) is 0 Å². The van der Waals surface area contributed by atoms with Crippen LogP contribution in [0.3, 0.4) is 0 Å². The van der Waals surface area contributed by atoms with E-state index >= 15 is 0 Å². The number of nitrogens with zero attached hydrogens (tertiary/aromatic N) is 1. The fourth-order valence-corrected chi connectivity index (χ4v) is 3.17. The van der Waals surface area contributed by atoms with Crippen LogP contribution in [0.1, 0.15) is 11.1 Å². The van der Waals surface area contributed by atoms with Gasteiger partial charge in [0.2, 0.25) is 0 Å². The Labute approximate surface area is 123 Å². The van der Waals surface area contributed by atoms with Gasteiger partial charge >= 0.3 is 0 Å². The molecular weight excluding hydrogens is 292 g/mol. The van der Waals surface area contributed by atoms with Crippen LogP contribution in [0.2, 0.25) is 0 Å². The molecule has 112 valence electrons. The van der Waals surface area contributed by atoms with E-state index in [2.05, 4.69) is 9.71 Å². The number of anilines is 1. The van der Waals surface area contributed by atoms with Crippen LogP contribution in [0.4, 0.5) is 5.69 Å². The number of sulfonamides is 1. The number of aliphatic hydroxyl groups excluding tert-OH is 1. The summed E-state index contributed by atoms with van der Waals surface area (Å²) < 4.78 is 32.6. The molecule has 1 aromatic carbocycles. The van der Waals surface area contributed by atoms with Gasteiger partial charge in [0.1, 0.15) is 10.6 Å². The van der Waals surface area contributed by atoms with Gasteiger partial charge in [-0.2, -0.15) is 0 Å². The lowest BCUT2D eigenvalue weighted by Gasteiger charge is -2.13. The van der Waals surface area contributed by atoms with Crippen molar-refractivity contribution in [1.82, 2.24) is 4.98 Å². The number of nitrogens with one attached hydrogen (secondary N) is 1. The van der Waals surface area contributed by atoms with Crippen LogP contribution >= 0.6 is 0 Å². The van der Waals surface area contributed by atoms with Crippen molar-refractivity contribution in [2.24, 2.45) is 0 Å². The first kappa shape index (κ1) is 15.3. The molecule has 0 fully saturated rings. The molecule has 0 saturated carbocycles. The van der Waals surface area contributed by atoms with Crippen molar-refractivity contribution in [1.29, 1.82) is 0 Å². The Bertz CT molecular complexity index is 744. The van der Waals surface area contributed by atoms with E-state index < -0.39 is 10.0 Å². The van der Waals surface area contributed by atoms with Crippen LogP contribution in [-0.2, 0) is 16.6 Å². The molecule has 0 spiro atoms. The zero-order chi connectivity index (χ0) is 15.5. The zero-order valence-electron chi connectivity index (χ0n) is 11.7. The number of hydrogen-bond acceptors (Lipinski definition) is 5. The van der Waals surface area contributed by atoms with Gasteiger partial charge in [-0.3, -0.25) is 9.71 Å². The highest BCUT2D eigenvalue weighted by Crippen LogP contribution is 2.27. The molecule has 0 radical (unpaired) electrons. The van der Waals surface area contributed by atoms with Gasteiger partial charge in [-0.25, -0.2) is 8.42 Å². The number of pyridine rings is 1. The maximum absolute atomic E-state index is 12.5. The van der Waals surface area contributed by atoms with Crippen molar-refractivity contribution in [3.05, 3.63) is 47.8 Å². The smallest absolute Gasteiger partial charge is 0.265 e. The van der Waals surface area contributed by atoms with E-state index in [-0.39, 0.29) is 17.3 Å². The minimum absolute atomic E-state index is 0.0206. The molecule has 0 saturated heterocycles. The molecule has 0 atom stereocenters. The van der Waals surface area contributed by atoms with Gasteiger partial charge in [0.05, 0.1) is 19.4 Å². The molecule has 2 rings (SSSR count). The van der Waals surface area contributed by atoms with Crippen LogP contribution in [0.5, 0.6) is 5.75 Å². The number of aliphatic hydroxyl groups is 1. The highest BCUT2D eigenvalue weighted by molar-refractivity contribution is 7.92. The third-order valence-corrected chi connectivity index (χ3v) is 4.35. The standard InChI is InChI=1S/C14H16N2O4S/c1-10-8-15-6-5-12(10)16-21(18,19)14-7-11(9-17)3-4-13(14)20-2/h3-8,17H,9H2,1-2H3,(H,15,16). The monoisotopic (exact) mass is 308 g/mol. The molecule has 0 amide bonds. The fourth-order valence-electron chi connectivity index (χ4n) is 1.82. The van der Waals surface area contributed by atoms with Gasteiger partial charge < -0.3 is 9.84 Å². The summed E-state index contributed by atoms with van der Waals surface area (Å²) in [6, 6.07) is 6.09. The lowest BCUT2D eigenvalue weighted by molar-refractivity contribution is 0.281. The van der Waals surface area contributed by atoms with Gasteiger partial charge in [0.25, 0.3) is 10.0 Å². The van der Waals surface area contributed by atoms with E-state index in [1.165, 1.54) is 25.4 Å². The summed E-state index contributed by atoms with van der Waals surface area (Å²) >= 11 is 0. The number of aromatic nitrogens is 1. The predicted octanol–water partition coefficient (Wildman–Crippen LogP) is 1.69. The molecule has 0 aliphatic carbocycles. The maximum atomic E-state index is 12.5. The zero-order valence-corrected chi connectivity index (χ0v) is 12.5. The Kier molecular flexibility index (Phi) is 4.44. The van der Waals surface area contributed by atoms with Crippen molar-refractivity contribution in [3.63, 3.8) is 0 Å². The summed E-state index contributed by atoms with van der Waals surface area (Å²) in [6.07, 6.45) is 3.07. The predicted molar refractivity (Wildman–Crippen MR) is 78.7 cm³/mol. The molecule has 2 N–H and O–H groups in total. The van der Waals surface area contributed by atoms with E-state index in [4.69, 9.17) is 9.84 Å². The molecule has 21 heavy (non-hydrogen) atoms. The number of rotatable bonds is 5. The quantitative estimate of drug-likeness (QED) is 0.877. The summed E-state index contributed by atoms with van der Waals surface area (Å²) in [5.41, 5.74) is 1.64. The van der Waals surface area contributed by atoms with E-state index in [1.54, 1.807) is 25.3 Å². The van der Waals surface area contributed by atoms with E-state index in [1.807, 2.05) is 0 Å². The first-order chi connectivity index (χ1) is 9.97.